The molecule has 3 nitrogen and oxygen atoms in total. The molecule has 0 aliphatic carbocycles. The standard InChI is InChI=1S/C14H19ClN2O/c1-10-8-11(2)14(12(15)9-10)17-7-6-16-5-3-4-13(17)18/h8-9,16H,3-7H2,1-2H3. The van der Waals surface area contributed by atoms with Crippen LogP contribution < -0.4 is 10.2 Å². The largest absolute Gasteiger partial charge is 0.315 e. The van der Waals surface area contributed by atoms with E-state index in [2.05, 4.69) is 11.4 Å². The van der Waals surface area contributed by atoms with Crippen molar-refractivity contribution in [2.45, 2.75) is 26.7 Å². The topological polar surface area (TPSA) is 32.3 Å². The highest BCUT2D eigenvalue weighted by Crippen LogP contribution is 2.31. The first-order chi connectivity index (χ1) is 8.59. The number of carbonyl (C=O) groups is 1. The van der Waals surface area contributed by atoms with E-state index in [4.69, 9.17) is 11.6 Å². The average Bonchev–Trinajstić information content (AvgIpc) is 2.26. The van der Waals surface area contributed by atoms with Gasteiger partial charge in [-0.25, -0.2) is 0 Å². The fraction of sp³-hybridized carbons (Fsp3) is 0.500. The van der Waals surface area contributed by atoms with E-state index in [-0.39, 0.29) is 5.91 Å². The number of amides is 1. The zero-order chi connectivity index (χ0) is 13.1. The number of carbonyl (C=O) groups excluding carboxylic acids is 1. The number of hydrogen-bond acceptors (Lipinski definition) is 2. The predicted molar refractivity (Wildman–Crippen MR) is 75.4 cm³/mol. The Morgan fingerprint density at radius 1 is 1.28 bits per heavy atom. The molecule has 0 bridgehead atoms. The van der Waals surface area contributed by atoms with Crippen molar-refractivity contribution in [3.05, 3.63) is 28.3 Å². The van der Waals surface area contributed by atoms with Gasteiger partial charge in [0.2, 0.25) is 5.91 Å². The molecule has 1 saturated heterocycles. The minimum atomic E-state index is 0.172. The summed E-state index contributed by atoms with van der Waals surface area (Å²) in [6.07, 6.45) is 1.47. The van der Waals surface area contributed by atoms with Crippen molar-refractivity contribution >= 4 is 23.2 Å². The maximum atomic E-state index is 12.2. The Bertz CT molecular complexity index is 436. The van der Waals surface area contributed by atoms with Gasteiger partial charge in [-0.1, -0.05) is 17.7 Å². The molecule has 0 aromatic heterocycles. The van der Waals surface area contributed by atoms with E-state index in [0.29, 0.717) is 18.0 Å². The van der Waals surface area contributed by atoms with Gasteiger partial charge in [0.25, 0.3) is 0 Å². The lowest BCUT2D eigenvalue weighted by Crippen LogP contribution is -2.40. The molecule has 0 radical (unpaired) electrons. The first-order valence-corrected chi connectivity index (χ1v) is 6.75. The van der Waals surface area contributed by atoms with Gasteiger partial charge in [-0.3, -0.25) is 4.79 Å². The van der Waals surface area contributed by atoms with E-state index < -0.39 is 0 Å². The number of nitrogens with one attached hydrogen (secondary N) is 1. The van der Waals surface area contributed by atoms with Crippen LogP contribution in [-0.4, -0.2) is 25.5 Å². The molecule has 1 aromatic carbocycles. The van der Waals surface area contributed by atoms with Crippen LogP contribution in [0.4, 0.5) is 5.69 Å². The maximum Gasteiger partial charge on any atom is 0.227 e. The molecular weight excluding hydrogens is 248 g/mol. The van der Waals surface area contributed by atoms with Crippen molar-refractivity contribution in [3.8, 4) is 0 Å². The van der Waals surface area contributed by atoms with Crippen LogP contribution in [0.25, 0.3) is 0 Å². The normalized spacial score (nSPS) is 17.5. The molecule has 0 atom stereocenters. The minimum absolute atomic E-state index is 0.172. The SMILES string of the molecule is Cc1cc(C)c(N2CCNCCCC2=O)c(Cl)c1. The van der Waals surface area contributed by atoms with Crippen molar-refractivity contribution < 1.29 is 4.79 Å². The molecule has 1 heterocycles. The van der Waals surface area contributed by atoms with Crippen molar-refractivity contribution in [1.82, 2.24) is 5.32 Å². The molecule has 1 aliphatic heterocycles. The summed E-state index contributed by atoms with van der Waals surface area (Å²) in [5.74, 6) is 0.172. The third-order valence-electron chi connectivity index (χ3n) is 3.23. The lowest BCUT2D eigenvalue weighted by atomic mass is 10.1. The van der Waals surface area contributed by atoms with Crippen molar-refractivity contribution in [1.29, 1.82) is 0 Å². The number of nitrogens with zero attached hydrogens (tertiary/aromatic N) is 1. The van der Waals surface area contributed by atoms with Gasteiger partial charge in [0, 0.05) is 19.5 Å². The first kappa shape index (κ1) is 13.4. The monoisotopic (exact) mass is 266 g/mol. The van der Waals surface area contributed by atoms with Gasteiger partial charge in [-0.05, 0) is 44.0 Å². The highest BCUT2D eigenvalue weighted by molar-refractivity contribution is 6.34. The lowest BCUT2D eigenvalue weighted by molar-refractivity contribution is -0.118. The molecule has 1 amide bonds. The lowest BCUT2D eigenvalue weighted by Gasteiger charge is -2.28. The summed E-state index contributed by atoms with van der Waals surface area (Å²) in [6, 6.07) is 3.99. The third-order valence-corrected chi connectivity index (χ3v) is 3.51. The van der Waals surface area contributed by atoms with Crippen LogP contribution in [0.2, 0.25) is 5.02 Å². The summed E-state index contributed by atoms with van der Waals surface area (Å²) < 4.78 is 0. The van der Waals surface area contributed by atoms with Crippen molar-refractivity contribution in [3.63, 3.8) is 0 Å². The van der Waals surface area contributed by atoms with E-state index in [1.807, 2.05) is 24.8 Å². The Morgan fingerprint density at radius 2 is 2.06 bits per heavy atom. The summed E-state index contributed by atoms with van der Waals surface area (Å²) in [7, 11) is 0. The summed E-state index contributed by atoms with van der Waals surface area (Å²) in [6.45, 7) is 6.44. The first-order valence-electron chi connectivity index (χ1n) is 6.37. The molecule has 1 aromatic rings. The molecule has 1 N–H and O–H groups in total. The zero-order valence-electron chi connectivity index (χ0n) is 10.9. The Balaban J connectivity index is 2.36. The molecule has 18 heavy (non-hydrogen) atoms. The number of benzene rings is 1. The Hall–Kier alpha value is -1.06. The van der Waals surface area contributed by atoms with E-state index in [9.17, 15) is 4.79 Å². The van der Waals surface area contributed by atoms with Crippen LogP contribution in [0.3, 0.4) is 0 Å². The second kappa shape index (κ2) is 5.72. The zero-order valence-corrected chi connectivity index (χ0v) is 11.7. The molecule has 4 heteroatoms. The van der Waals surface area contributed by atoms with Gasteiger partial charge in [-0.15, -0.1) is 0 Å². The second-order valence-corrected chi connectivity index (χ2v) is 5.22. The highest BCUT2D eigenvalue weighted by atomic mass is 35.5. The van der Waals surface area contributed by atoms with Crippen molar-refractivity contribution in [2.24, 2.45) is 0 Å². The van der Waals surface area contributed by atoms with Gasteiger partial charge < -0.3 is 10.2 Å². The molecular formula is C14H19ClN2O. The van der Waals surface area contributed by atoms with Gasteiger partial charge >= 0.3 is 0 Å². The van der Waals surface area contributed by atoms with Gasteiger partial charge in [-0.2, -0.15) is 0 Å². The van der Waals surface area contributed by atoms with Crippen LogP contribution >= 0.6 is 11.6 Å². The van der Waals surface area contributed by atoms with Gasteiger partial charge in [0.1, 0.15) is 0 Å². The fourth-order valence-corrected chi connectivity index (χ4v) is 2.85. The van der Waals surface area contributed by atoms with Crippen LogP contribution in [0.1, 0.15) is 24.0 Å². The van der Waals surface area contributed by atoms with Crippen molar-refractivity contribution in [2.75, 3.05) is 24.5 Å². The number of anilines is 1. The summed E-state index contributed by atoms with van der Waals surface area (Å²) >= 11 is 6.31. The molecule has 98 valence electrons. The van der Waals surface area contributed by atoms with Crippen LogP contribution in [0, 0.1) is 13.8 Å². The number of aryl methyl sites for hydroxylation is 2. The molecule has 1 aliphatic rings. The van der Waals surface area contributed by atoms with Crippen LogP contribution in [0.15, 0.2) is 12.1 Å². The number of rotatable bonds is 1. The van der Waals surface area contributed by atoms with E-state index >= 15 is 0 Å². The van der Waals surface area contributed by atoms with Crippen LogP contribution in [0.5, 0.6) is 0 Å². The molecule has 0 saturated carbocycles. The minimum Gasteiger partial charge on any atom is -0.315 e. The van der Waals surface area contributed by atoms with Gasteiger partial charge in [0.05, 0.1) is 10.7 Å². The van der Waals surface area contributed by atoms with E-state index in [0.717, 1.165) is 36.3 Å². The molecule has 2 rings (SSSR count). The quantitative estimate of drug-likeness (QED) is 0.848. The molecule has 1 fully saturated rings. The van der Waals surface area contributed by atoms with E-state index in [1.54, 1.807) is 0 Å². The average molecular weight is 267 g/mol. The maximum absolute atomic E-state index is 12.2. The number of hydrogen-bond donors (Lipinski definition) is 1. The third kappa shape index (κ3) is 2.85. The van der Waals surface area contributed by atoms with Gasteiger partial charge in [0.15, 0.2) is 0 Å². The summed E-state index contributed by atoms with van der Waals surface area (Å²) in [5.41, 5.74) is 3.06. The predicted octanol–water partition coefficient (Wildman–Crippen LogP) is 2.67. The Morgan fingerprint density at radius 3 is 2.78 bits per heavy atom. The molecule has 0 spiro atoms. The smallest absolute Gasteiger partial charge is 0.227 e. The van der Waals surface area contributed by atoms with Crippen LogP contribution in [-0.2, 0) is 4.79 Å². The molecule has 0 unspecified atom stereocenters. The summed E-state index contributed by atoms with van der Waals surface area (Å²) in [5, 5.41) is 3.99. The summed E-state index contributed by atoms with van der Waals surface area (Å²) in [4.78, 5) is 14.0. The Labute approximate surface area is 113 Å². The fourth-order valence-electron chi connectivity index (χ4n) is 2.43. The Kier molecular flexibility index (Phi) is 4.25. The number of halogens is 1. The second-order valence-electron chi connectivity index (χ2n) is 4.81. The highest BCUT2D eigenvalue weighted by Gasteiger charge is 2.21. The van der Waals surface area contributed by atoms with E-state index in [1.165, 1.54) is 0 Å².